The number of carbonyl (C=O) groups excluding carboxylic acids is 1. The van der Waals surface area contributed by atoms with Gasteiger partial charge in [0, 0.05) is 25.1 Å². The number of ether oxygens (including phenoxy) is 2. The first-order chi connectivity index (χ1) is 15.2. The zero-order valence-electron chi connectivity index (χ0n) is 17.7. The summed E-state index contributed by atoms with van der Waals surface area (Å²) in [5.41, 5.74) is 1.74. The van der Waals surface area contributed by atoms with Crippen LogP contribution in [0.1, 0.15) is 30.1 Å². The molecular weight excluding hydrogens is 394 g/mol. The third kappa shape index (κ3) is 4.77. The Morgan fingerprint density at radius 2 is 1.81 bits per heavy atom. The number of amides is 1. The molecule has 1 fully saturated rings. The van der Waals surface area contributed by atoms with E-state index in [2.05, 4.69) is 10.1 Å². The van der Waals surface area contributed by atoms with Crippen molar-refractivity contribution in [1.29, 1.82) is 0 Å². The number of piperidine rings is 1. The van der Waals surface area contributed by atoms with Gasteiger partial charge in [0.1, 0.15) is 11.5 Å². The Hall–Kier alpha value is -3.61. The number of aromatic nitrogens is 2. The maximum Gasteiger partial charge on any atom is 0.261 e. The Balaban J connectivity index is 1.35. The quantitative estimate of drug-likeness (QED) is 0.558. The maximum absolute atomic E-state index is 12.5. The van der Waals surface area contributed by atoms with Crippen molar-refractivity contribution in [1.82, 2.24) is 15.0 Å². The summed E-state index contributed by atoms with van der Waals surface area (Å²) >= 11 is 0. The van der Waals surface area contributed by atoms with Crippen LogP contribution in [0, 0.1) is 0 Å². The Bertz CT molecular complexity index is 1050. The Morgan fingerprint density at radius 3 is 2.52 bits per heavy atom. The number of hydrogen-bond acceptors (Lipinski definition) is 6. The number of rotatable bonds is 6. The van der Waals surface area contributed by atoms with E-state index in [1.165, 1.54) is 0 Å². The van der Waals surface area contributed by atoms with Crippen LogP contribution in [0.25, 0.3) is 17.5 Å². The fraction of sp³-hybridized carbons (Fsp3) is 0.292. The van der Waals surface area contributed by atoms with Gasteiger partial charge >= 0.3 is 0 Å². The summed E-state index contributed by atoms with van der Waals surface area (Å²) in [5.74, 6) is 2.80. The first kappa shape index (κ1) is 20.7. The predicted octanol–water partition coefficient (Wildman–Crippen LogP) is 4.17. The highest BCUT2D eigenvalue weighted by Gasteiger charge is 2.26. The zero-order valence-corrected chi connectivity index (χ0v) is 17.7. The normalized spacial score (nSPS) is 14.7. The molecule has 0 spiro atoms. The molecule has 0 aliphatic carbocycles. The van der Waals surface area contributed by atoms with Crippen LogP contribution in [-0.2, 0) is 4.79 Å². The van der Waals surface area contributed by atoms with Crippen molar-refractivity contribution in [3.63, 3.8) is 0 Å². The van der Waals surface area contributed by atoms with Gasteiger partial charge in [0.15, 0.2) is 5.82 Å². The van der Waals surface area contributed by atoms with Gasteiger partial charge in [0.2, 0.25) is 5.91 Å². The molecule has 31 heavy (non-hydrogen) atoms. The molecule has 1 aromatic heterocycles. The van der Waals surface area contributed by atoms with Crippen molar-refractivity contribution in [2.45, 2.75) is 18.8 Å². The number of para-hydroxylation sites is 1. The molecule has 0 atom stereocenters. The van der Waals surface area contributed by atoms with E-state index in [-0.39, 0.29) is 11.8 Å². The third-order valence-electron chi connectivity index (χ3n) is 5.49. The Labute approximate surface area is 181 Å². The molecule has 2 heterocycles. The molecule has 0 unspecified atom stereocenters. The number of methoxy groups -OCH3 is 2. The van der Waals surface area contributed by atoms with Gasteiger partial charge in [-0.1, -0.05) is 29.4 Å². The highest BCUT2D eigenvalue weighted by molar-refractivity contribution is 5.91. The van der Waals surface area contributed by atoms with Crippen LogP contribution in [0.3, 0.4) is 0 Å². The molecule has 1 aliphatic rings. The zero-order chi connectivity index (χ0) is 21.6. The number of benzene rings is 2. The first-order valence-electron chi connectivity index (χ1n) is 10.3. The second-order valence-electron chi connectivity index (χ2n) is 7.36. The largest absolute Gasteiger partial charge is 0.497 e. The molecular formula is C24H25N3O4. The van der Waals surface area contributed by atoms with Crippen molar-refractivity contribution in [3.8, 4) is 23.0 Å². The van der Waals surface area contributed by atoms with Crippen molar-refractivity contribution in [2.75, 3.05) is 27.3 Å². The average molecular weight is 419 g/mol. The van der Waals surface area contributed by atoms with Crippen LogP contribution < -0.4 is 9.47 Å². The molecule has 7 nitrogen and oxygen atoms in total. The van der Waals surface area contributed by atoms with Crippen LogP contribution in [0.2, 0.25) is 0 Å². The van der Waals surface area contributed by atoms with Gasteiger partial charge in [-0.15, -0.1) is 0 Å². The topological polar surface area (TPSA) is 77.7 Å². The molecule has 160 valence electrons. The number of hydrogen-bond donors (Lipinski definition) is 0. The maximum atomic E-state index is 12.5. The smallest absolute Gasteiger partial charge is 0.261 e. The van der Waals surface area contributed by atoms with E-state index < -0.39 is 0 Å². The summed E-state index contributed by atoms with van der Waals surface area (Å²) < 4.78 is 16.0. The van der Waals surface area contributed by atoms with Crippen LogP contribution in [0.4, 0.5) is 0 Å². The van der Waals surface area contributed by atoms with Crippen LogP contribution in [0.5, 0.6) is 11.5 Å². The molecule has 3 aromatic rings. The van der Waals surface area contributed by atoms with Gasteiger partial charge in [-0.2, -0.15) is 4.98 Å². The molecule has 1 aliphatic heterocycles. The van der Waals surface area contributed by atoms with E-state index in [0.29, 0.717) is 30.6 Å². The van der Waals surface area contributed by atoms with E-state index in [4.69, 9.17) is 14.0 Å². The molecule has 0 saturated carbocycles. The minimum Gasteiger partial charge on any atom is -0.497 e. The fourth-order valence-electron chi connectivity index (χ4n) is 3.68. The standard InChI is InChI=1S/C24H25N3O4/c1-29-19-10-7-17(8-11-19)9-12-22(28)27-15-13-18(14-16-27)23-25-24(31-26-23)20-5-3-4-6-21(20)30-2/h3-12,18H,13-16H2,1-2H3/b12-9+. The van der Waals surface area contributed by atoms with E-state index in [1.54, 1.807) is 20.3 Å². The second kappa shape index (κ2) is 9.47. The van der Waals surface area contributed by atoms with E-state index in [1.807, 2.05) is 59.5 Å². The molecule has 4 rings (SSSR count). The summed E-state index contributed by atoms with van der Waals surface area (Å²) in [5, 5.41) is 4.18. The van der Waals surface area contributed by atoms with Gasteiger partial charge in [0.25, 0.3) is 5.89 Å². The lowest BCUT2D eigenvalue weighted by atomic mass is 9.96. The Kier molecular flexibility index (Phi) is 6.31. The van der Waals surface area contributed by atoms with E-state index >= 15 is 0 Å². The highest BCUT2D eigenvalue weighted by Crippen LogP contribution is 2.31. The summed E-state index contributed by atoms with van der Waals surface area (Å²) in [6.07, 6.45) is 5.04. The molecule has 1 amide bonds. The molecule has 0 radical (unpaired) electrons. The summed E-state index contributed by atoms with van der Waals surface area (Å²) in [6, 6.07) is 15.2. The lowest BCUT2D eigenvalue weighted by molar-refractivity contribution is -0.127. The lowest BCUT2D eigenvalue weighted by Gasteiger charge is -2.29. The van der Waals surface area contributed by atoms with E-state index in [9.17, 15) is 4.79 Å². The van der Waals surface area contributed by atoms with Crippen molar-refractivity contribution in [2.24, 2.45) is 0 Å². The summed E-state index contributed by atoms with van der Waals surface area (Å²) in [4.78, 5) is 19.0. The molecule has 1 saturated heterocycles. The summed E-state index contributed by atoms with van der Waals surface area (Å²) in [7, 11) is 3.25. The number of likely N-dealkylation sites (tertiary alicyclic amines) is 1. The molecule has 0 bridgehead atoms. The van der Waals surface area contributed by atoms with Crippen molar-refractivity contribution in [3.05, 3.63) is 66.0 Å². The molecule has 2 aromatic carbocycles. The second-order valence-corrected chi connectivity index (χ2v) is 7.36. The van der Waals surface area contributed by atoms with Crippen molar-refractivity contribution >= 4 is 12.0 Å². The monoisotopic (exact) mass is 419 g/mol. The van der Waals surface area contributed by atoms with Crippen LogP contribution in [0.15, 0.2) is 59.1 Å². The Morgan fingerprint density at radius 1 is 1.06 bits per heavy atom. The minimum absolute atomic E-state index is 0.0112. The van der Waals surface area contributed by atoms with Gasteiger partial charge in [-0.3, -0.25) is 4.79 Å². The van der Waals surface area contributed by atoms with Crippen LogP contribution in [-0.4, -0.2) is 48.3 Å². The minimum atomic E-state index is 0.0112. The predicted molar refractivity (Wildman–Crippen MR) is 117 cm³/mol. The number of carbonyl (C=O) groups is 1. The van der Waals surface area contributed by atoms with Gasteiger partial charge in [0.05, 0.1) is 19.8 Å². The van der Waals surface area contributed by atoms with Crippen LogP contribution >= 0.6 is 0 Å². The van der Waals surface area contributed by atoms with Gasteiger partial charge in [-0.05, 0) is 48.7 Å². The molecule has 7 heteroatoms. The average Bonchev–Trinajstić information content (AvgIpc) is 3.33. The van der Waals surface area contributed by atoms with Crippen molar-refractivity contribution < 1.29 is 18.8 Å². The van der Waals surface area contributed by atoms with Gasteiger partial charge in [-0.25, -0.2) is 0 Å². The lowest BCUT2D eigenvalue weighted by Crippen LogP contribution is -2.37. The number of nitrogens with zero attached hydrogens (tertiary/aromatic N) is 3. The first-order valence-corrected chi connectivity index (χ1v) is 10.3. The fourth-order valence-corrected chi connectivity index (χ4v) is 3.68. The van der Waals surface area contributed by atoms with E-state index in [0.717, 1.165) is 29.7 Å². The highest BCUT2D eigenvalue weighted by atomic mass is 16.5. The SMILES string of the molecule is COc1ccc(/C=C/C(=O)N2CCC(c3noc(-c4ccccc4OC)n3)CC2)cc1. The third-order valence-corrected chi connectivity index (χ3v) is 5.49. The molecule has 0 N–H and O–H groups in total. The summed E-state index contributed by atoms with van der Waals surface area (Å²) in [6.45, 7) is 1.32. The van der Waals surface area contributed by atoms with Gasteiger partial charge < -0.3 is 18.9 Å².